The van der Waals surface area contributed by atoms with Crippen LogP contribution in [0.15, 0.2) is 24.3 Å². The van der Waals surface area contributed by atoms with Gasteiger partial charge in [0.2, 0.25) is 0 Å². The molecule has 0 radical (unpaired) electrons. The molecule has 1 aromatic heterocycles. The first-order chi connectivity index (χ1) is 8.72. The second-order valence-electron chi connectivity index (χ2n) is 3.94. The maximum Gasteiger partial charge on any atom is 0.163 e. The lowest BCUT2D eigenvalue weighted by atomic mass is 10.2. The summed E-state index contributed by atoms with van der Waals surface area (Å²) in [5.74, 6) is 1.09. The van der Waals surface area contributed by atoms with Crippen LogP contribution < -0.4 is 10.5 Å². The number of hydrogen-bond acceptors (Lipinski definition) is 4. The summed E-state index contributed by atoms with van der Waals surface area (Å²) in [6.45, 7) is 2.46. The van der Waals surface area contributed by atoms with Crippen LogP contribution in [0.4, 0.5) is 5.82 Å². The quantitative estimate of drug-likeness (QED) is 0.855. The fourth-order valence-corrected chi connectivity index (χ4v) is 1.68. The summed E-state index contributed by atoms with van der Waals surface area (Å²) < 4.78 is 5.65. The topological polar surface area (TPSA) is 87.7 Å². The van der Waals surface area contributed by atoms with Crippen molar-refractivity contribution in [1.82, 2.24) is 10.2 Å². The Labute approximate surface area is 105 Å². The summed E-state index contributed by atoms with van der Waals surface area (Å²) in [5, 5.41) is 15.5. The second kappa shape index (κ2) is 5.23. The first-order valence-electron chi connectivity index (χ1n) is 5.63. The molecule has 0 unspecified atom stereocenters. The molecule has 0 amide bonds. The number of nitrogens with two attached hydrogens (primary N) is 1. The average Bonchev–Trinajstić information content (AvgIpc) is 2.72. The molecule has 92 valence electrons. The Balaban J connectivity index is 1.97. The molecule has 0 spiro atoms. The van der Waals surface area contributed by atoms with E-state index in [1.807, 2.05) is 37.3 Å². The van der Waals surface area contributed by atoms with Gasteiger partial charge in [-0.05, 0) is 18.6 Å². The van der Waals surface area contributed by atoms with E-state index in [1.165, 1.54) is 0 Å². The fraction of sp³-hybridized carbons (Fsp3) is 0.231. The average molecular weight is 242 g/mol. The summed E-state index contributed by atoms with van der Waals surface area (Å²) >= 11 is 0. The molecule has 0 bridgehead atoms. The minimum atomic E-state index is 0.239. The lowest BCUT2D eigenvalue weighted by Gasteiger charge is -2.07. The third-order valence-corrected chi connectivity index (χ3v) is 2.68. The van der Waals surface area contributed by atoms with Crippen LogP contribution in [0.5, 0.6) is 5.75 Å². The normalized spacial score (nSPS) is 10.0. The van der Waals surface area contributed by atoms with Gasteiger partial charge in [0, 0.05) is 6.42 Å². The highest BCUT2D eigenvalue weighted by molar-refractivity contribution is 5.50. The number of hydrogen-bond donors (Lipinski definition) is 2. The van der Waals surface area contributed by atoms with Gasteiger partial charge in [0.25, 0.3) is 0 Å². The minimum absolute atomic E-state index is 0.239. The Bertz CT molecular complexity index is 583. The molecular weight excluding hydrogens is 228 g/mol. The van der Waals surface area contributed by atoms with Crippen LogP contribution in [0, 0.1) is 18.3 Å². The van der Waals surface area contributed by atoms with Crippen molar-refractivity contribution in [1.29, 1.82) is 5.26 Å². The van der Waals surface area contributed by atoms with Gasteiger partial charge in [-0.15, -0.1) is 0 Å². The number of aryl methyl sites for hydroxylation is 1. The van der Waals surface area contributed by atoms with E-state index >= 15 is 0 Å². The number of rotatable bonds is 4. The number of nitrogen functional groups attached to an aromatic ring is 1. The Hall–Kier alpha value is -2.48. The molecule has 0 aliphatic carbocycles. The number of nitrogens with zero attached hydrogens (tertiary/aromatic N) is 2. The van der Waals surface area contributed by atoms with Crippen LogP contribution in [0.2, 0.25) is 0 Å². The first kappa shape index (κ1) is 12.0. The van der Waals surface area contributed by atoms with E-state index in [0.717, 1.165) is 11.3 Å². The van der Waals surface area contributed by atoms with Gasteiger partial charge in [0.15, 0.2) is 5.82 Å². The first-order valence-corrected chi connectivity index (χ1v) is 5.63. The van der Waals surface area contributed by atoms with Crippen molar-refractivity contribution in [3.8, 4) is 11.8 Å². The Morgan fingerprint density at radius 1 is 1.44 bits per heavy atom. The van der Waals surface area contributed by atoms with Gasteiger partial charge in [0.05, 0.1) is 12.3 Å². The van der Waals surface area contributed by atoms with Crippen molar-refractivity contribution in [2.24, 2.45) is 0 Å². The summed E-state index contributed by atoms with van der Waals surface area (Å²) in [4.78, 5) is 0. The van der Waals surface area contributed by atoms with Gasteiger partial charge in [-0.2, -0.15) is 10.4 Å². The number of para-hydroxylation sites is 1. The lowest BCUT2D eigenvalue weighted by molar-refractivity contribution is 0.318. The van der Waals surface area contributed by atoms with E-state index in [4.69, 9.17) is 15.7 Å². The molecule has 0 saturated carbocycles. The highest BCUT2D eigenvalue weighted by Gasteiger charge is 2.10. The predicted molar refractivity (Wildman–Crippen MR) is 68.1 cm³/mol. The Morgan fingerprint density at radius 2 is 2.22 bits per heavy atom. The number of benzene rings is 1. The molecular formula is C13H14N4O. The molecule has 5 nitrogen and oxygen atoms in total. The molecule has 0 saturated heterocycles. The summed E-state index contributed by atoms with van der Waals surface area (Å²) in [6, 6.07) is 9.83. The summed E-state index contributed by atoms with van der Waals surface area (Å²) in [6.07, 6.45) is 0.571. The van der Waals surface area contributed by atoms with Gasteiger partial charge >= 0.3 is 0 Å². The van der Waals surface area contributed by atoms with Gasteiger partial charge < -0.3 is 10.5 Å². The van der Waals surface area contributed by atoms with E-state index < -0.39 is 0 Å². The Kier molecular flexibility index (Phi) is 3.49. The van der Waals surface area contributed by atoms with Crippen LogP contribution in [0.25, 0.3) is 0 Å². The van der Waals surface area contributed by atoms with Crippen molar-refractivity contribution in [3.63, 3.8) is 0 Å². The molecule has 0 aliphatic heterocycles. The molecule has 0 atom stereocenters. The second-order valence-corrected chi connectivity index (χ2v) is 3.94. The fourth-order valence-electron chi connectivity index (χ4n) is 1.68. The Morgan fingerprint density at radius 3 is 2.94 bits per heavy atom. The van der Waals surface area contributed by atoms with Crippen molar-refractivity contribution >= 4 is 5.82 Å². The molecule has 18 heavy (non-hydrogen) atoms. The molecule has 0 aliphatic rings. The highest BCUT2D eigenvalue weighted by atomic mass is 16.5. The summed E-state index contributed by atoms with van der Waals surface area (Å²) in [5.41, 5.74) is 7.76. The third-order valence-electron chi connectivity index (χ3n) is 2.68. The number of ether oxygens (including phenoxy) is 1. The van der Waals surface area contributed by atoms with Crippen LogP contribution >= 0.6 is 0 Å². The number of aromatic amines is 1. The molecule has 2 rings (SSSR count). The largest absolute Gasteiger partial charge is 0.493 e. The molecule has 1 aromatic carbocycles. The van der Waals surface area contributed by atoms with E-state index in [9.17, 15) is 0 Å². The zero-order valence-electron chi connectivity index (χ0n) is 10.1. The van der Waals surface area contributed by atoms with Crippen LogP contribution in [-0.4, -0.2) is 16.8 Å². The molecule has 0 fully saturated rings. The van der Waals surface area contributed by atoms with Gasteiger partial charge in [-0.1, -0.05) is 18.2 Å². The van der Waals surface area contributed by atoms with Crippen LogP contribution in [0.3, 0.4) is 0 Å². The standard InChI is InChI=1S/C13H14N4O/c1-9-4-2-3-5-12(9)18-7-6-11-10(8-14)13(15)17-16-11/h2-5H,6-7H2,1H3,(H3,15,16,17). The number of nitriles is 1. The molecule has 3 N–H and O–H groups in total. The van der Waals surface area contributed by atoms with E-state index in [2.05, 4.69) is 10.2 Å². The number of nitrogens with one attached hydrogen (secondary N) is 1. The number of aromatic nitrogens is 2. The third kappa shape index (κ3) is 2.43. The van der Waals surface area contributed by atoms with Crippen LogP contribution in [-0.2, 0) is 6.42 Å². The maximum absolute atomic E-state index is 8.92. The summed E-state index contributed by atoms with van der Waals surface area (Å²) in [7, 11) is 0. The smallest absolute Gasteiger partial charge is 0.163 e. The zero-order valence-corrected chi connectivity index (χ0v) is 10.1. The minimum Gasteiger partial charge on any atom is -0.493 e. The maximum atomic E-state index is 8.92. The van der Waals surface area contributed by atoms with Crippen molar-refractivity contribution in [2.75, 3.05) is 12.3 Å². The highest BCUT2D eigenvalue weighted by Crippen LogP contribution is 2.17. The van der Waals surface area contributed by atoms with E-state index in [1.54, 1.807) is 0 Å². The SMILES string of the molecule is Cc1ccccc1OCCc1[nH]nc(N)c1C#N. The van der Waals surface area contributed by atoms with E-state index in [-0.39, 0.29) is 5.82 Å². The van der Waals surface area contributed by atoms with Gasteiger partial charge in [0.1, 0.15) is 17.4 Å². The zero-order chi connectivity index (χ0) is 13.0. The lowest BCUT2D eigenvalue weighted by Crippen LogP contribution is -2.04. The number of H-pyrrole nitrogens is 1. The van der Waals surface area contributed by atoms with E-state index in [0.29, 0.717) is 24.3 Å². The van der Waals surface area contributed by atoms with Crippen LogP contribution in [0.1, 0.15) is 16.8 Å². The van der Waals surface area contributed by atoms with Gasteiger partial charge in [-0.25, -0.2) is 0 Å². The molecule has 1 heterocycles. The van der Waals surface area contributed by atoms with Crippen molar-refractivity contribution in [3.05, 3.63) is 41.1 Å². The molecule has 2 aromatic rings. The van der Waals surface area contributed by atoms with Crippen molar-refractivity contribution in [2.45, 2.75) is 13.3 Å². The van der Waals surface area contributed by atoms with Crippen molar-refractivity contribution < 1.29 is 4.74 Å². The molecule has 5 heteroatoms. The monoisotopic (exact) mass is 242 g/mol. The van der Waals surface area contributed by atoms with Gasteiger partial charge in [-0.3, -0.25) is 5.10 Å². The number of anilines is 1. The predicted octanol–water partition coefficient (Wildman–Crippen LogP) is 1.79.